The Morgan fingerprint density at radius 3 is 2.18 bits per heavy atom. The molecule has 2 aliphatic heterocycles. The number of aliphatic hydroxyl groups excluding tert-OH is 1. The number of aliphatic hydroxyl groups is 1. The van der Waals surface area contributed by atoms with Crippen LogP contribution in [0.5, 0.6) is 5.75 Å². The largest absolute Gasteiger partial charge is 0.494 e. The lowest BCUT2D eigenvalue weighted by Crippen LogP contribution is -2.63. The Balaban J connectivity index is 1.40. The lowest BCUT2D eigenvalue weighted by atomic mass is 9.78. The zero-order chi connectivity index (χ0) is 31.6. The van der Waals surface area contributed by atoms with E-state index < -0.39 is 35.2 Å². The molecule has 5 atom stereocenters. The quantitative estimate of drug-likeness (QED) is 0.192. The van der Waals surface area contributed by atoms with Gasteiger partial charge in [-0.3, -0.25) is 0 Å². The third kappa shape index (κ3) is 5.99. The molecule has 0 spiro atoms. The van der Waals surface area contributed by atoms with Crippen LogP contribution in [0.1, 0.15) is 34.7 Å². The maximum Gasteiger partial charge on any atom is 0.225 e. The van der Waals surface area contributed by atoms with Gasteiger partial charge in [0.1, 0.15) is 11.7 Å². The fraction of sp³-hybridized carbons (Fsp3) is 0.333. The van der Waals surface area contributed by atoms with Crippen molar-refractivity contribution < 1.29 is 37.6 Å². The molecule has 6 rings (SSSR count). The van der Waals surface area contributed by atoms with Gasteiger partial charge in [0, 0.05) is 22.9 Å². The molecule has 1 N–H and O–H groups in total. The molecular formula is C36H35ClF2O6. The summed E-state index contributed by atoms with van der Waals surface area (Å²) >= 11 is 6.62. The smallest absolute Gasteiger partial charge is 0.225 e. The second-order valence-electron chi connectivity index (χ2n) is 11.6. The summed E-state index contributed by atoms with van der Waals surface area (Å²) in [6, 6.07) is 27.6. The van der Waals surface area contributed by atoms with Crippen molar-refractivity contribution >= 4 is 11.6 Å². The second-order valence-corrected chi connectivity index (χ2v) is 12.0. The second kappa shape index (κ2) is 13.2. The third-order valence-electron chi connectivity index (χ3n) is 8.88. The molecule has 0 amide bonds. The lowest BCUT2D eigenvalue weighted by Gasteiger charge is -2.50. The van der Waals surface area contributed by atoms with Gasteiger partial charge in [0.2, 0.25) is 11.6 Å². The molecule has 45 heavy (non-hydrogen) atoms. The van der Waals surface area contributed by atoms with Gasteiger partial charge < -0.3 is 28.8 Å². The highest BCUT2D eigenvalue weighted by atomic mass is 35.5. The summed E-state index contributed by atoms with van der Waals surface area (Å²) < 4.78 is 61.0. The minimum Gasteiger partial charge on any atom is -0.494 e. The molecule has 6 nitrogen and oxygen atoms in total. The van der Waals surface area contributed by atoms with E-state index in [2.05, 4.69) is 0 Å². The number of benzene rings is 4. The summed E-state index contributed by atoms with van der Waals surface area (Å²) in [5.74, 6) is -4.06. The number of halogens is 3. The van der Waals surface area contributed by atoms with Crippen LogP contribution < -0.4 is 4.74 Å². The normalized spacial score (nSPS) is 25.8. The van der Waals surface area contributed by atoms with Crippen molar-refractivity contribution in [3.8, 4) is 5.75 Å². The van der Waals surface area contributed by atoms with Crippen molar-refractivity contribution in [1.82, 2.24) is 0 Å². The van der Waals surface area contributed by atoms with Crippen LogP contribution in [0.3, 0.4) is 0 Å². The Hall–Kier alpha value is -3.37. The minimum absolute atomic E-state index is 0.000517. The van der Waals surface area contributed by atoms with Gasteiger partial charge in [-0.2, -0.15) is 4.39 Å². The minimum atomic E-state index is -1.49. The molecule has 9 heteroatoms. The van der Waals surface area contributed by atoms with E-state index in [0.717, 1.165) is 11.1 Å². The molecular weight excluding hydrogens is 602 g/mol. The van der Waals surface area contributed by atoms with Crippen LogP contribution in [0.4, 0.5) is 8.78 Å². The molecule has 0 radical (unpaired) electrons. The summed E-state index contributed by atoms with van der Waals surface area (Å²) in [6.07, 6.45) is -1.33. The summed E-state index contributed by atoms with van der Waals surface area (Å²) in [5.41, 5.74) is 2.07. The van der Waals surface area contributed by atoms with Crippen molar-refractivity contribution in [1.29, 1.82) is 0 Å². The van der Waals surface area contributed by atoms with Gasteiger partial charge >= 0.3 is 0 Å². The molecule has 2 saturated heterocycles. The fourth-order valence-electron chi connectivity index (χ4n) is 6.22. The molecule has 0 saturated carbocycles. The first-order valence-corrected chi connectivity index (χ1v) is 15.2. The van der Waals surface area contributed by atoms with Crippen molar-refractivity contribution in [2.45, 2.75) is 50.2 Å². The van der Waals surface area contributed by atoms with E-state index in [-0.39, 0.29) is 43.5 Å². The Kier molecular flexibility index (Phi) is 9.24. The molecule has 4 aromatic rings. The monoisotopic (exact) mass is 636 g/mol. The Bertz CT molecular complexity index is 1620. The van der Waals surface area contributed by atoms with E-state index in [1.165, 1.54) is 19.2 Å². The first kappa shape index (κ1) is 31.6. The van der Waals surface area contributed by atoms with E-state index in [4.69, 9.17) is 35.3 Å². The van der Waals surface area contributed by atoms with Crippen LogP contribution in [0.15, 0.2) is 91.0 Å². The number of ether oxygens (including phenoxy) is 5. The number of fused-ring (bicyclic) bond motifs is 2. The van der Waals surface area contributed by atoms with Crippen molar-refractivity contribution in [2.24, 2.45) is 5.92 Å². The van der Waals surface area contributed by atoms with Crippen LogP contribution in [0, 0.1) is 17.6 Å². The highest BCUT2D eigenvalue weighted by molar-refractivity contribution is 6.31. The van der Waals surface area contributed by atoms with Crippen molar-refractivity contribution in [2.75, 3.05) is 20.3 Å². The molecule has 4 aromatic carbocycles. The molecule has 2 heterocycles. The van der Waals surface area contributed by atoms with E-state index in [1.54, 1.807) is 18.2 Å². The Morgan fingerprint density at radius 1 is 0.867 bits per heavy atom. The Morgan fingerprint density at radius 2 is 1.53 bits per heavy atom. The van der Waals surface area contributed by atoms with Gasteiger partial charge in [0.25, 0.3) is 0 Å². The topological polar surface area (TPSA) is 66.4 Å². The zero-order valence-corrected chi connectivity index (χ0v) is 25.8. The predicted octanol–water partition coefficient (Wildman–Crippen LogP) is 6.97. The maximum absolute atomic E-state index is 15.0. The van der Waals surface area contributed by atoms with Crippen LogP contribution in [-0.2, 0) is 44.4 Å². The predicted molar refractivity (Wildman–Crippen MR) is 165 cm³/mol. The number of hydrogen-bond acceptors (Lipinski definition) is 6. The molecule has 236 valence electrons. The molecule has 2 fully saturated rings. The Labute approximate surface area is 266 Å². The van der Waals surface area contributed by atoms with Gasteiger partial charge in [-0.05, 0) is 40.5 Å². The summed E-state index contributed by atoms with van der Waals surface area (Å²) in [7, 11) is 1.28. The highest BCUT2D eigenvalue weighted by Crippen LogP contribution is 2.54. The average Bonchev–Trinajstić information content (AvgIpc) is 3.44. The highest BCUT2D eigenvalue weighted by Gasteiger charge is 2.67. The maximum atomic E-state index is 15.0. The third-order valence-corrected chi connectivity index (χ3v) is 9.25. The first-order chi connectivity index (χ1) is 21.8. The van der Waals surface area contributed by atoms with Crippen LogP contribution >= 0.6 is 11.6 Å². The van der Waals surface area contributed by atoms with E-state index >= 15 is 0 Å². The van der Waals surface area contributed by atoms with Crippen molar-refractivity contribution in [3.05, 3.63) is 135 Å². The first-order valence-electron chi connectivity index (χ1n) is 14.9. The van der Waals surface area contributed by atoms with E-state index in [9.17, 15) is 13.9 Å². The summed E-state index contributed by atoms with van der Waals surface area (Å²) in [6.45, 7) is 2.33. The number of methoxy groups -OCH3 is 1. The van der Waals surface area contributed by atoms with Crippen LogP contribution in [0.25, 0.3) is 0 Å². The standard InChI is InChI=1S/C36H35ClF2O6/c1-23-33(42-19-24-9-5-3-6-10-24)34(43-20-25-11-7-4-8-12-25)36(44-22-35(23,21-40)45-36)28-14-15-29(37)27(18-28)17-26-13-16-30(41-2)32(39)31(26)38/h3-16,18,23,33-34,40H,17,19-22H2,1-2H3/t23-,33-,34+,35-,36-/m0/s1. The van der Waals surface area contributed by atoms with E-state index in [0.29, 0.717) is 22.8 Å². The SMILES string of the molecule is COc1ccc(Cc2cc([C@]34OC[C@](CO)(O3)[C@@H](C)[C@H](OCc3ccccc3)[C@H]4OCc3ccccc3)ccc2Cl)c(F)c1F. The van der Waals surface area contributed by atoms with Crippen LogP contribution in [-0.4, -0.2) is 43.2 Å². The molecule has 2 bridgehead atoms. The molecule has 2 aliphatic rings. The van der Waals surface area contributed by atoms with Gasteiger partial charge in [-0.25, -0.2) is 4.39 Å². The number of hydrogen-bond donors (Lipinski definition) is 1. The molecule has 0 aromatic heterocycles. The molecule has 0 unspecified atom stereocenters. The lowest BCUT2D eigenvalue weighted by molar-refractivity contribution is -0.336. The summed E-state index contributed by atoms with van der Waals surface area (Å²) in [4.78, 5) is 0. The average molecular weight is 637 g/mol. The van der Waals surface area contributed by atoms with Crippen molar-refractivity contribution in [3.63, 3.8) is 0 Å². The van der Waals surface area contributed by atoms with E-state index in [1.807, 2.05) is 67.6 Å². The van der Waals surface area contributed by atoms with Gasteiger partial charge in [0.05, 0.1) is 39.6 Å². The molecule has 0 aliphatic carbocycles. The van der Waals surface area contributed by atoms with Gasteiger partial charge in [-0.1, -0.05) is 91.3 Å². The van der Waals surface area contributed by atoms with Crippen LogP contribution in [0.2, 0.25) is 5.02 Å². The van der Waals surface area contributed by atoms with Gasteiger partial charge in [0.15, 0.2) is 11.6 Å². The number of rotatable bonds is 11. The van der Waals surface area contributed by atoms with Gasteiger partial charge in [-0.15, -0.1) is 0 Å². The zero-order valence-electron chi connectivity index (χ0n) is 25.1. The summed E-state index contributed by atoms with van der Waals surface area (Å²) in [5, 5.41) is 11.0. The fourth-order valence-corrected chi connectivity index (χ4v) is 6.41.